The quantitative estimate of drug-likeness (QED) is 0.808. The molecular formula is C16H24O. The normalized spacial score (nSPS) is 22.4. The fraction of sp³-hybridized carbons (Fsp3) is 0.625. The third-order valence-electron chi connectivity index (χ3n) is 4.25. The van der Waals surface area contributed by atoms with Crippen LogP contribution in [0, 0.1) is 18.3 Å². The summed E-state index contributed by atoms with van der Waals surface area (Å²) in [6.07, 6.45) is 4.51. The molecule has 0 radical (unpaired) electrons. The summed E-state index contributed by atoms with van der Waals surface area (Å²) in [4.78, 5) is 0. The van der Waals surface area contributed by atoms with Crippen molar-refractivity contribution in [3.05, 3.63) is 35.4 Å². The summed E-state index contributed by atoms with van der Waals surface area (Å²) in [5, 5.41) is 10.4. The largest absolute Gasteiger partial charge is 0.388 e. The molecule has 1 unspecified atom stereocenters. The lowest BCUT2D eigenvalue weighted by Crippen LogP contribution is -2.25. The fourth-order valence-electron chi connectivity index (χ4n) is 2.77. The van der Waals surface area contributed by atoms with Gasteiger partial charge in [0.1, 0.15) is 0 Å². The van der Waals surface area contributed by atoms with Crippen LogP contribution in [0.1, 0.15) is 56.8 Å². The van der Waals surface area contributed by atoms with Gasteiger partial charge in [-0.2, -0.15) is 0 Å². The molecule has 1 aromatic rings. The van der Waals surface area contributed by atoms with E-state index < -0.39 is 0 Å². The van der Waals surface area contributed by atoms with E-state index in [0.29, 0.717) is 11.3 Å². The summed E-state index contributed by atoms with van der Waals surface area (Å²) < 4.78 is 0. The Labute approximate surface area is 105 Å². The van der Waals surface area contributed by atoms with Gasteiger partial charge in [0.25, 0.3) is 0 Å². The van der Waals surface area contributed by atoms with Gasteiger partial charge in [0.05, 0.1) is 6.10 Å². The topological polar surface area (TPSA) is 20.2 Å². The molecule has 17 heavy (non-hydrogen) atoms. The van der Waals surface area contributed by atoms with Gasteiger partial charge in [0.2, 0.25) is 0 Å². The molecular weight excluding hydrogens is 208 g/mol. The van der Waals surface area contributed by atoms with E-state index in [1.807, 2.05) is 0 Å². The molecule has 1 aromatic carbocycles. The third kappa shape index (κ3) is 3.10. The SMILES string of the molecule is Cc1ccc(C(O)C2CCC(C)(C)CC2)cc1. The molecule has 2 rings (SSSR count). The van der Waals surface area contributed by atoms with Gasteiger partial charge in [0.15, 0.2) is 0 Å². The van der Waals surface area contributed by atoms with Crippen LogP contribution in [0.4, 0.5) is 0 Å². The molecule has 0 heterocycles. The van der Waals surface area contributed by atoms with Crippen LogP contribution in [0.3, 0.4) is 0 Å². The number of aryl methyl sites for hydroxylation is 1. The van der Waals surface area contributed by atoms with Crippen LogP contribution in [-0.2, 0) is 0 Å². The Hall–Kier alpha value is -0.820. The van der Waals surface area contributed by atoms with E-state index in [1.54, 1.807) is 0 Å². The van der Waals surface area contributed by atoms with Crippen molar-refractivity contribution in [1.82, 2.24) is 0 Å². The van der Waals surface area contributed by atoms with Crippen LogP contribution in [0.15, 0.2) is 24.3 Å². The Balaban J connectivity index is 2.01. The number of benzene rings is 1. The second kappa shape index (κ2) is 4.81. The smallest absolute Gasteiger partial charge is 0.0818 e. The molecule has 1 nitrogen and oxygen atoms in total. The summed E-state index contributed by atoms with van der Waals surface area (Å²) in [5.74, 6) is 0.450. The van der Waals surface area contributed by atoms with E-state index in [0.717, 1.165) is 18.4 Å². The Morgan fingerprint density at radius 2 is 1.65 bits per heavy atom. The molecule has 1 N–H and O–H groups in total. The van der Waals surface area contributed by atoms with Gasteiger partial charge in [-0.25, -0.2) is 0 Å². The first-order valence-corrected chi connectivity index (χ1v) is 6.73. The first kappa shape index (κ1) is 12.6. The Kier molecular flexibility index (Phi) is 3.58. The first-order chi connectivity index (χ1) is 7.98. The van der Waals surface area contributed by atoms with Gasteiger partial charge >= 0.3 is 0 Å². The molecule has 1 aliphatic rings. The summed E-state index contributed by atoms with van der Waals surface area (Å²) in [6, 6.07) is 8.32. The van der Waals surface area contributed by atoms with Crippen molar-refractivity contribution in [3.8, 4) is 0 Å². The van der Waals surface area contributed by atoms with E-state index in [2.05, 4.69) is 45.0 Å². The summed E-state index contributed by atoms with van der Waals surface area (Å²) in [7, 11) is 0. The molecule has 0 spiro atoms. The fourth-order valence-corrected chi connectivity index (χ4v) is 2.77. The molecule has 1 aliphatic carbocycles. The molecule has 1 fully saturated rings. The number of hydrogen-bond donors (Lipinski definition) is 1. The van der Waals surface area contributed by atoms with Gasteiger partial charge in [-0.05, 0) is 49.5 Å². The Bertz CT molecular complexity index is 354. The van der Waals surface area contributed by atoms with Crippen molar-refractivity contribution in [3.63, 3.8) is 0 Å². The maximum absolute atomic E-state index is 10.4. The van der Waals surface area contributed by atoms with Gasteiger partial charge in [-0.15, -0.1) is 0 Å². The van der Waals surface area contributed by atoms with Crippen molar-refractivity contribution in [1.29, 1.82) is 0 Å². The minimum Gasteiger partial charge on any atom is -0.388 e. The summed E-state index contributed by atoms with van der Waals surface area (Å²) in [5.41, 5.74) is 2.81. The average Bonchev–Trinajstić information content (AvgIpc) is 2.29. The molecule has 0 saturated heterocycles. The van der Waals surface area contributed by atoms with Crippen molar-refractivity contribution >= 4 is 0 Å². The molecule has 0 amide bonds. The van der Waals surface area contributed by atoms with Crippen molar-refractivity contribution in [2.45, 2.75) is 52.6 Å². The Morgan fingerprint density at radius 3 is 2.18 bits per heavy atom. The highest BCUT2D eigenvalue weighted by molar-refractivity contribution is 5.23. The lowest BCUT2D eigenvalue weighted by atomic mass is 9.71. The maximum Gasteiger partial charge on any atom is 0.0818 e. The van der Waals surface area contributed by atoms with Crippen LogP contribution in [0.25, 0.3) is 0 Å². The highest BCUT2D eigenvalue weighted by Gasteiger charge is 2.30. The minimum atomic E-state index is -0.272. The van der Waals surface area contributed by atoms with Gasteiger partial charge in [-0.1, -0.05) is 43.7 Å². The van der Waals surface area contributed by atoms with Gasteiger partial charge in [-0.3, -0.25) is 0 Å². The van der Waals surface area contributed by atoms with Crippen LogP contribution in [0.2, 0.25) is 0 Å². The lowest BCUT2D eigenvalue weighted by Gasteiger charge is -2.36. The second-order valence-corrected chi connectivity index (χ2v) is 6.36. The molecule has 1 atom stereocenters. The van der Waals surface area contributed by atoms with E-state index in [-0.39, 0.29) is 6.10 Å². The predicted octanol–water partition coefficient (Wildman–Crippen LogP) is 4.24. The van der Waals surface area contributed by atoms with E-state index >= 15 is 0 Å². The van der Waals surface area contributed by atoms with Crippen molar-refractivity contribution in [2.24, 2.45) is 11.3 Å². The monoisotopic (exact) mass is 232 g/mol. The molecule has 0 bridgehead atoms. The zero-order valence-corrected chi connectivity index (χ0v) is 11.2. The molecule has 1 saturated carbocycles. The molecule has 0 aromatic heterocycles. The van der Waals surface area contributed by atoms with Crippen LogP contribution >= 0.6 is 0 Å². The van der Waals surface area contributed by atoms with Gasteiger partial charge in [0, 0.05) is 0 Å². The summed E-state index contributed by atoms with van der Waals surface area (Å²) >= 11 is 0. The predicted molar refractivity (Wildman–Crippen MR) is 71.9 cm³/mol. The highest BCUT2D eigenvalue weighted by Crippen LogP contribution is 2.42. The zero-order chi connectivity index (χ0) is 12.5. The number of hydrogen-bond acceptors (Lipinski definition) is 1. The van der Waals surface area contributed by atoms with Crippen LogP contribution in [0.5, 0.6) is 0 Å². The molecule has 1 heteroatoms. The number of aliphatic hydroxyl groups is 1. The minimum absolute atomic E-state index is 0.272. The number of rotatable bonds is 2. The highest BCUT2D eigenvalue weighted by atomic mass is 16.3. The maximum atomic E-state index is 10.4. The second-order valence-electron chi connectivity index (χ2n) is 6.36. The Morgan fingerprint density at radius 1 is 1.12 bits per heavy atom. The van der Waals surface area contributed by atoms with E-state index in [4.69, 9.17) is 0 Å². The standard InChI is InChI=1S/C16H24O/c1-12-4-6-13(7-5-12)15(17)14-8-10-16(2,3)11-9-14/h4-7,14-15,17H,8-11H2,1-3H3. The van der Waals surface area contributed by atoms with Crippen molar-refractivity contribution in [2.75, 3.05) is 0 Å². The zero-order valence-electron chi connectivity index (χ0n) is 11.2. The lowest BCUT2D eigenvalue weighted by molar-refractivity contribution is 0.0567. The number of aliphatic hydroxyl groups excluding tert-OH is 1. The van der Waals surface area contributed by atoms with Crippen molar-refractivity contribution < 1.29 is 5.11 Å². The average molecular weight is 232 g/mol. The van der Waals surface area contributed by atoms with E-state index in [1.165, 1.54) is 18.4 Å². The molecule has 94 valence electrons. The summed E-state index contributed by atoms with van der Waals surface area (Å²) in [6.45, 7) is 6.75. The van der Waals surface area contributed by atoms with Crippen LogP contribution < -0.4 is 0 Å². The molecule has 0 aliphatic heterocycles. The van der Waals surface area contributed by atoms with Gasteiger partial charge < -0.3 is 5.11 Å². The van der Waals surface area contributed by atoms with Crippen LogP contribution in [-0.4, -0.2) is 5.11 Å². The van der Waals surface area contributed by atoms with E-state index in [9.17, 15) is 5.11 Å². The first-order valence-electron chi connectivity index (χ1n) is 6.73. The third-order valence-corrected chi connectivity index (χ3v) is 4.25.